The summed E-state index contributed by atoms with van der Waals surface area (Å²) >= 11 is 0. The molecule has 0 aliphatic carbocycles. The van der Waals surface area contributed by atoms with Crippen LogP contribution in [0.4, 0.5) is 11.5 Å². The minimum atomic E-state index is -0.831. The number of fused-ring (bicyclic) bond motifs is 1. The standard InChI is InChI=1S/C24H33N5O7/c1-24(2,3)20(14-7-5-6-8-15(14)29(32)33)35-12-13-10-28(18-9-16(31)17(11-30)36-18)21-19(13)22(34-4)27-23(25)26-21/h5-8,10,16-18,20,22,30-31H,9,11-12H2,1-4H3,(H3,25,26,27)/t16?,17-,18-,20-,22?/m1/s1. The second-order valence-corrected chi connectivity index (χ2v) is 10.0. The van der Waals surface area contributed by atoms with Crippen LogP contribution in [0.15, 0.2) is 35.5 Å². The van der Waals surface area contributed by atoms with Crippen molar-refractivity contribution in [1.82, 2.24) is 9.88 Å². The van der Waals surface area contributed by atoms with Crippen LogP contribution >= 0.6 is 0 Å². The highest BCUT2D eigenvalue weighted by atomic mass is 16.6. The molecular weight excluding hydrogens is 470 g/mol. The Morgan fingerprint density at radius 2 is 2.11 bits per heavy atom. The number of aliphatic hydroxyl groups is 2. The first-order valence-electron chi connectivity index (χ1n) is 11.7. The zero-order valence-corrected chi connectivity index (χ0v) is 20.7. The maximum absolute atomic E-state index is 11.7. The highest BCUT2D eigenvalue weighted by molar-refractivity contribution is 5.83. The molecular formula is C24H33N5O7. The fourth-order valence-corrected chi connectivity index (χ4v) is 4.75. The third-order valence-electron chi connectivity index (χ3n) is 6.43. The van der Waals surface area contributed by atoms with Gasteiger partial charge in [0.1, 0.15) is 18.1 Å². The number of nitro groups is 1. The Bertz CT molecular complexity index is 1140. The molecule has 1 saturated heterocycles. The lowest BCUT2D eigenvalue weighted by Crippen LogP contribution is -2.38. The van der Waals surface area contributed by atoms with E-state index in [1.807, 2.05) is 20.8 Å². The maximum Gasteiger partial charge on any atom is 0.275 e. The lowest BCUT2D eigenvalue weighted by molar-refractivity contribution is -0.386. The van der Waals surface area contributed by atoms with Gasteiger partial charge in [-0.2, -0.15) is 4.99 Å². The first kappa shape index (κ1) is 26.0. The lowest BCUT2D eigenvalue weighted by Gasteiger charge is -2.31. The number of rotatable bonds is 8. The number of benzene rings is 1. The monoisotopic (exact) mass is 503 g/mol. The van der Waals surface area contributed by atoms with E-state index in [9.17, 15) is 20.3 Å². The Labute approximate surface area is 208 Å². The summed E-state index contributed by atoms with van der Waals surface area (Å²) in [5.41, 5.74) is 7.43. The lowest BCUT2D eigenvalue weighted by atomic mass is 9.84. The molecule has 3 heterocycles. The third-order valence-corrected chi connectivity index (χ3v) is 6.43. The van der Waals surface area contributed by atoms with Crippen LogP contribution < -0.4 is 11.1 Å². The highest BCUT2D eigenvalue weighted by Gasteiger charge is 2.39. The van der Waals surface area contributed by atoms with Crippen LogP contribution in [-0.2, 0) is 20.8 Å². The topological polar surface area (TPSA) is 167 Å². The summed E-state index contributed by atoms with van der Waals surface area (Å²) in [6.45, 7) is 5.67. The van der Waals surface area contributed by atoms with E-state index in [0.717, 1.165) is 5.56 Å². The number of nitro benzene ring substituents is 1. The molecule has 4 rings (SSSR count). The van der Waals surface area contributed by atoms with Crippen LogP contribution in [0.25, 0.3) is 0 Å². The number of hydrogen-bond donors (Lipinski definition) is 4. The Morgan fingerprint density at radius 1 is 1.39 bits per heavy atom. The van der Waals surface area contributed by atoms with Crippen molar-refractivity contribution in [3.8, 4) is 0 Å². The molecule has 0 amide bonds. The Morgan fingerprint density at radius 3 is 2.72 bits per heavy atom. The molecule has 5 atom stereocenters. The Balaban J connectivity index is 1.72. The molecule has 0 radical (unpaired) electrons. The van der Waals surface area contributed by atoms with E-state index in [0.29, 0.717) is 16.9 Å². The summed E-state index contributed by atoms with van der Waals surface area (Å²) in [5.74, 6) is 0.649. The number of guanidine groups is 1. The van der Waals surface area contributed by atoms with E-state index >= 15 is 0 Å². The van der Waals surface area contributed by atoms with E-state index in [-0.39, 0.29) is 31.3 Å². The smallest absolute Gasteiger partial charge is 0.275 e. The molecule has 2 unspecified atom stereocenters. The molecule has 36 heavy (non-hydrogen) atoms. The number of nitrogens with one attached hydrogen (secondary N) is 1. The van der Waals surface area contributed by atoms with Crippen LogP contribution in [-0.4, -0.2) is 51.6 Å². The Kier molecular flexibility index (Phi) is 7.34. The molecule has 2 aliphatic heterocycles. The van der Waals surface area contributed by atoms with Gasteiger partial charge >= 0.3 is 0 Å². The van der Waals surface area contributed by atoms with E-state index in [1.165, 1.54) is 13.2 Å². The summed E-state index contributed by atoms with van der Waals surface area (Å²) in [7, 11) is 1.53. The summed E-state index contributed by atoms with van der Waals surface area (Å²) in [4.78, 5) is 15.8. The number of aromatic nitrogens is 1. The average molecular weight is 504 g/mol. The van der Waals surface area contributed by atoms with Crippen LogP contribution in [0.1, 0.15) is 62.4 Å². The summed E-state index contributed by atoms with van der Waals surface area (Å²) in [6.07, 6.45) is -1.27. The van der Waals surface area contributed by atoms with Crippen molar-refractivity contribution in [3.63, 3.8) is 0 Å². The molecule has 0 spiro atoms. The van der Waals surface area contributed by atoms with Crippen molar-refractivity contribution in [3.05, 3.63) is 57.3 Å². The van der Waals surface area contributed by atoms with Gasteiger partial charge < -0.3 is 40.0 Å². The number of aliphatic hydroxyl groups excluding tert-OH is 2. The zero-order chi connectivity index (χ0) is 26.2. The molecule has 1 aromatic carbocycles. The molecule has 1 aromatic heterocycles. The molecule has 0 saturated carbocycles. The summed E-state index contributed by atoms with van der Waals surface area (Å²) in [5, 5.41) is 34.5. The van der Waals surface area contributed by atoms with Gasteiger partial charge in [0.25, 0.3) is 5.69 Å². The second-order valence-electron chi connectivity index (χ2n) is 10.0. The number of nitrogens with two attached hydrogens (primary N) is 1. The third kappa shape index (κ3) is 4.95. The number of hydrogen-bond acceptors (Lipinski definition) is 10. The normalized spacial score (nSPS) is 24.7. The number of para-hydroxylation sites is 1. The number of ether oxygens (including phenoxy) is 3. The van der Waals surface area contributed by atoms with Crippen molar-refractivity contribution in [2.75, 3.05) is 13.7 Å². The summed E-state index contributed by atoms with van der Waals surface area (Å²) < 4.78 is 19.6. The van der Waals surface area contributed by atoms with E-state index in [4.69, 9.17) is 19.9 Å². The predicted octanol–water partition coefficient (Wildman–Crippen LogP) is 2.54. The molecule has 5 N–H and O–H groups in total. The van der Waals surface area contributed by atoms with Gasteiger partial charge in [-0.3, -0.25) is 10.1 Å². The quantitative estimate of drug-likeness (QED) is 0.313. The minimum absolute atomic E-state index is 0.00535. The fraction of sp³-hybridized carbons (Fsp3) is 0.542. The fourth-order valence-electron chi connectivity index (χ4n) is 4.75. The van der Waals surface area contributed by atoms with Crippen molar-refractivity contribution >= 4 is 17.5 Å². The molecule has 12 heteroatoms. The van der Waals surface area contributed by atoms with Crippen LogP contribution in [0.5, 0.6) is 0 Å². The van der Waals surface area contributed by atoms with Crippen LogP contribution in [0, 0.1) is 15.5 Å². The van der Waals surface area contributed by atoms with Gasteiger partial charge in [-0.05, 0) is 11.5 Å². The van der Waals surface area contributed by atoms with Crippen molar-refractivity contribution < 1.29 is 29.3 Å². The van der Waals surface area contributed by atoms with Crippen LogP contribution in [0.2, 0.25) is 0 Å². The molecule has 196 valence electrons. The van der Waals surface area contributed by atoms with Crippen molar-refractivity contribution in [2.24, 2.45) is 16.1 Å². The average Bonchev–Trinajstić information content (AvgIpc) is 3.37. The van der Waals surface area contributed by atoms with Crippen molar-refractivity contribution in [1.29, 1.82) is 0 Å². The minimum Gasteiger partial charge on any atom is -0.394 e. The van der Waals surface area contributed by atoms with E-state index < -0.39 is 41.1 Å². The molecule has 12 nitrogen and oxygen atoms in total. The Hall–Kier alpha value is -3.03. The molecule has 0 bridgehead atoms. The van der Waals surface area contributed by atoms with Gasteiger partial charge in [-0.1, -0.05) is 32.9 Å². The summed E-state index contributed by atoms with van der Waals surface area (Å²) in [6, 6.07) is 6.57. The predicted molar refractivity (Wildman–Crippen MR) is 130 cm³/mol. The van der Waals surface area contributed by atoms with Gasteiger partial charge in [0.2, 0.25) is 0 Å². The van der Waals surface area contributed by atoms with Gasteiger partial charge in [0.05, 0.1) is 41.5 Å². The SMILES string of the molecule is COC1NC(N)=Nc2c1c(CO[C@H](c1ccccc1[N+](=O)[O-])C(C)(C)C)cn2[C@H]1CC(O)[C@@H](CO)O1. The molecule has 2 aromatic rings. The number of aliphatic imine (C=N–C) groups is 1. The molecule has 2 aliphatic rings. The van der Waals surface area contributed by atoms with E-state index in [2.05, 4.69) is 10.3 Å². The second kappa shape index (κ2) is 10.1. The first-order valence-corrected chi connectivity index (χ1v) is 11.7. The van der Waals surface area contributed by atoms with Gasteiger partial charge in [0.15, 0.2) is 12.2 Å². The highest BCUT2D eigenvalue weighted by Crippen LogP contribution is 2.44. The van der Waals surface area contributed by atoms with Crippen LogP contribution in [0.3, 0.4) is 0 Å². The number of nitrogens with zero attached hydrogens (tertiary/aromatic N) is 3. The van der Waals surface area contributed by atoms with Gasteiger partial charge in [-0.25, -0.2) is 0 Å². The van der Waals surface area contributed by atoms with Crippen molar-refractivity contribution in [2.45, 2.75) is 64.6 Å². The van der Waals surface area contributed by atoms with E-state index in [1.54, 1.807) is 29.0 Å². The first-order chi connectivity index (χ1) is 17.0. The maximum atomic E-state index is 11.7. The van der Waals surface area contributed by atoms with Gasteiger partial charge in [-0.15, -0.1) is 0 Å². The number of methoxy groups -OCH3 is 1. The molecule has 1 fully saturated rings. The zero-order valence-electron chi connectivity index (χ0n) is 20.7. The van der Waals surface area contributed by atoms with Gasteiger partial charge in [0, 0.05) is 31.4 Å². The largest absolute Gasteiger partial charge is 0.394 e.